The Morgan fingerprint density at radius 2 is 1.79 bits per heavy atom. The van der Waals surface area contributed by atoms with Crippen LogP contribution in [0.2, 0.25) is 0 Å². The molecule has 0 amide bonds. The first-order valence-electron chi connectivity index (χ1n) is 11.5. The number of phenolic OH excluding ortho intramolecular Hbond substituents is 1. The average Bonchev–Trinajstić information content (AvgIpc) is 2.91. The molecule has 0 bridgehead atoms. The van der Waals surface area contributed by atoms with Gasteiger partial charge in [0.25, 0.3) is 0 Å². The summed E-state index contributed by atoms with van der Waals surface area (Å²) >= 11 is 0. The molecule has 0 saturated carbocycles. The first-order chi connectivity index (χ1) is 18.3. The van der Waals surface area contributed by atoms with Gasteiger partial charge in [0.15, 0.2) is 18.1 Å². The van der Waals surface area contributed by atoms with Gasteiger partial charge in [-0.3, -0.25) is 9.59 Å². The molecule has 0 fully saturated rings. The van der Waals surface area contributed by atoms with E-state index in [9.17, 15) is 19.5 Å². The molecule has 0 spiro atoms. The molecule has 2 heterocycles. The molecule has 2 N–H and O–H groups in total. The Kier molecular flexibility index (Phi) is 6.38. The largest absolute Gasteiger partial charge is 0.507 e. The van der Waals surface area contributed by atoms with Crippen molar-refractivity contribution in [3.63, 3.8) is 0 Å². The molecular formula is C28H22O10. The highest BCUT2D eigenvalue weighted by molar-refractivity contribution is 5.94. The number of aliphatic carboxylic acids is 1. The van der Waals surface area contributed by atoms with Gasteiger partial charge in [-0.05, 0) is 35.4 Å². The molecule has 4 aromatic rings. The van der Waals surface area contributed by atoms with E-state index >= 15 is 0 Å². The minimum atomic E-state index is -1.14. The summed E-state index contributed by atoms with van der Waals surface area (Å²) in [4.78, 5) is 36.9. The maximum atomic E-state index is 13.5. The van der Waals surface area contributed by atoms with Crippen molar-refractivity contribution in [2.24, 2.45) is 0 Å². The lowest BCUT2D eigenvalue weighted by Gasteiger charge is -2.26. The Labute approximate surface area is 215 Å². The van der Waals surface area contributed by atoms with Crippen LogP contribution in [0, 0.1) is 0 Å². The molecule has 1 aliphatic rings. The van der Waals surface area contributed by atoms with Crippen molar-refractivity contribution in [2.75, 3.05) is 20.8 Å². The predicted octanol–water partition coefficient (Wildman–Crippen LogP) is 4.09. The summed E-state index contributed by atoms with van der Waals surface area (Å²) in [5, 5.41) is 19.6. The number of hydrogen-bond donors (Lipinski definition) is 2. The van der Waals surface area contributed by atoms with Crippen LogP contribution in [-0.4, -0.2) is 43.0 Å². The van der Waals surface area contributed by atoms with E-state index in [0.29, 0.717) is 22.4 Å². The second kappa shape index (κ2) is 9.81. The van der Waals surface area contributed by atoms with Crippen LogP contribution in [0.25, 0.3) is 22.1 Å². The zero-order valence-electron chi connectivity index (χ0n) is 20.3. The Balaban J connectivity index is 1.66. The van der Waals surface area contributed by atoms with Crippen molar-refractivity contribution in [1.82, 2.24) is 0 Å². The molecule has 1 aliphatic heterocycles. The number of ether oxygens (including phenoxy) is 4. The van der Waals surface area contributed by atoms with E-state index < -0.39 is 29.9 Å². The van der Waals surface area contributed by atoms with Crippen LogP contribution < -0.4 is 24.4 Å². The van der Waals surface area contributed by atoms with Crippen LogP contribution >= 0.6 is 0 Å². The molecular weight excluding hydrogens is 496 g/mol. The van der Waals surface area contributed by atoms with Gasteiger partial charge in [0.1, 0.15) is 34.5 Å². The highest BCUT2D eigenvalue weighted by atomic mass is 16.5. The third-order valence-electron chi connectivity index (χ3n) is 6.31. The van der Waals surface area contributed by atoms with E-state index in [2.05, 4.69) is 0 Å². The zero-order valence-corrected chi connectivity index (χ0v) is 20.3. The number of carboxylic acid groups (broad SMARTS) is 1. The lowest BCUT2D eigenvalue weighted by Crippen LogP contribution is -2.22. The first-order valence-corrected chi connectivity index (χ1v) is 11.5. The second-order valence-corrected chi connectivity index (χ2v) is 8.54. The van der Waals surface area contributed by atoms with Crippen molar-refractivity contribution in [3.8, 4) is 39.9 Å². The quantitative estimate of drug-likeness (QED) is 0.271. The molecule has 38 heavy (non-hydrogen) atoms. The summed E-state index contributed by atoms with van der Waals surface area (Å²) in [5.74, 6) is -1.52. The molecule has 3 aromatic carbocycles. The minimum absolute atomic E-state index is 0.0478. The highest BCUT2D eigenvalue weighted by Gasteiger charge is 2.34. The maximum Gasteiger partial charge on any atom is 0.341 e. The van der Waals surface area contributed by atoms with Gasteiger partial charge in [0, 0.05) is 17.5 Å². The number of benzene rings is 3. The van der Waals surface area contributed by atoms with Crippen LogP contribution in [0.15, 0.2) is 64.0 Å². The number of phenols is 1. The summed E-state index contributed by atoms with van der Waals surface area (Å²) in [7, 11) is 2.94. The van der Waals surface area contributed by atoms with Gasteiger partial charge in [-0.2, -0.15) is 0 Å². The van der Waals surface area contributed by atoms with Gasteiger partial charge in [-0.25, -0.2) is 4.79 Å². The number of fused-ring (bicyclic) bond motifs is 3. The van der Waals surface area contributed by atoms with Gasteiger partial charge >= 0.3 is 11.9 Å². The third kappa shape index (κ3) is 4.36. The van der Waals surface area contributed by atoms with Gasteiger partial charge in [0.2, 0.25) is 5.43 Å². The molecule has 0 radical (unpaired) electrons. The molecule has 0 saturated heterocycles. The third-order valence-corrected chi connectivity index (χ3v) is 6.31. The lowest BCUT2D eigenvalue weighted by atomic mass is 9.84. The van der Waals surface area contributed by atoms with Crippen molar-refractivity contribution >= 4 is 22.9 Å². The highest BCUT2D eigenvalue weighted by Crippen LogP contribution is 2.46. The van der Waals surface area contributed by atoms with E-state index in [1.165, 1.54) is 32.6 Å². The topological polar surface area (TPSA) is 142 Å². The van der Waals surface area contributed by atoms with E-state index in [1.807, 2.05) is 0 Å². The fourth-order valence-electron chi connectivity index (χ4n) is 4.55. The molecule has 1 atom stereocenters. The maximum absolute atomic E-state index is 13.5. The van der Waals surface area contributed by atoms with E-state index in [-0.39, 0.29) is 46.0 Å². The summed E-state index contributed by atoms with van der Waals surface area (Å²) < 4.78 is 27.2. The van der Waals surface area contributed by atoms with E-state index in [1.54, 1.807) is 36.4 Å². The van der Waals surface area contributed by atoms with Gasteiger partial charge < -0.3 is 33.6 Å². The number of carbonyl (C=O) groups excluding carboxylic acids is 1. The number of carboxylic acids is 1. The van der Waals surface area contributed by atoms with Gasteiger partial charge in [0.05, 0.1) is 26.2 Å². The fraction of sp³-hybridized carbons (Fsp3) is 0.179. The average molecular weight is 518 g/mol. The molecule has 5 rings (SSSR count). The summed E-state index contributed by atoms with van der Waals surface area (Å²) in [5.41, 5.74) is 1.46. The molecule has 10 nitrogen and oxygen atoms in total. The second-order valence-electron chi connectivity index (χ2n) is 8.54. The van der Waals surface area contributed by atoms with E-state index in [0.717, 1.165) is 0 Å². The van der Waals surface area contributed by atoms with E-state index in [4.69, 9.17) is 28.5 Å². The number of methoxy groups -OCH3 is 2. The van der Waals surface area contributed by atoms with Gasteiger partial charge in [-0.1, -0.05) is 18.2 Å². The van der Waals surface area contributed by atoms with Crippen LogP contribution in [0.1, 0.15) is 23.5 Å². The minimum Gasteiger partial charge on any atom is -0.507 e. The van der Waals surface area contributed by atoms with Crippen molar-refractivity contribution in [3.05, 3.63) is 76.1 Å². The Morgan fingerprint density at radius 3 is 2.47 bits per heavy atom. The summed E-state index contributed by atoms with van der Waals surface area (Å²) in [6, 6.07) is 12.9. The number of aromatic hydroxyl groups is 1. The SMILES string of the molecule is COc1ccc(-c2coc3c4c(cc(O)c3c2=O)OC(=O)C[C@@H]4c2ccc(OCC(=O)O)c(OC)c2)cc1. The smallest absolute Gasteiger partial charge is 0.341 e. The number of carbonyl (C=O) groups is 2. The summed E-state index contributed by atoms with van der Waals surface area (Å²) in [6.45, 7) is -0.556. The number of esters is 1. The number of hydrogen-bond acceptors (Lipinski definition) is 9. The Morgan fingerprint density at radius 1 is 1.03 bits per heavy atom. The first kappa shape index (κ1) is 24.7. The van der Waals surface area contributed by atoms with Crippen molar-refractivity contribution in [1.29, 1.82) is 0 Å². The molecule has 0 aliphatic carbocycles. The van der Waals surface area contributed by atoms with Crippen LogP contribution in [-0.2, 0) is 9.59 Å². The molecule has 10 heteroatoms. The standard InChI is InChI=1S/C28H22O10/c1-34-16-6-3-14(4-7-16)18-12-37-28-25-17(10-24(32)38-22(25)11-19(29)26(28)27(18)33)15-5-8-20(21(9-15)35-2)36-13-23(30)31/h3-9,11-12,17,29H,10,13H2,1-2H3,(H,30,31)/t17-/m1/s1. The Hall–Kier alpha value is -4.99. The molecule has 1 aromatic heterocycles. The normalized spacial score (nSPS) is 14.5. The number of rotatable bonds is 7. The zero-order chi connectivity index (χ0) is 27.0. The molecule has 0 unspecified atom stereocenters. The van der Waals surface area contributed by atoms with Crippen LogP contribution in [0.4, 0.5) is 0 Å². The fourth-order valence-corrected chi connectivity index (χ4v) is 4.55. The van der Waals surface area contributed by atoms with Crippen LogP contribution in [0.3, 0.4) is 0 Å². The van der Waals surface area contributed by atoms with Crippen LogP contribution in [0.5, 0.6) is 28.7 Å². The van der Waals surface area contributed by atoms with Gasteiger partial charge in [-0.15, -0.1) is 0 Å². The van der Waals surface area contributed by atoms with Crippen molar-refractivity contribution < 1.29 is 43.2 Å². The van der Waals surface area contributed by atoms with Crippen molar-refractivity contribution in [2.45, 2.75) is 12.3 Å². The molecule has 194 valence electrons. The summed E-state index contributed by atoms with van der Waals surface area (Å²) in [6.07, 6.45) is 1.23. The Bertz CT molecular complexity index is 1620. The lowest BCUT2D eigenvalue weighted by molar-refractivity contribution is -0.139. The predicted molar refractivity (Wildman–Crippen MR) is 134 cm³/mol. The monoisotopic (exact) mass is 518 g/mol.